The zero-order valence-corrected chi connectivity index (χ0v) is 13.6. The van der Waals surface area contributed by atoms with E-state index in [0.717, 1.165) is 15.7 Å². The molecule has 1 aromatic carbocycles. The fourth-order valence-corrected chi connectivity index (χ4v) is 2.63. The molecule has 0 aromatic heterocycles. The molecule has 1 atom stereocenters. The molecule has 4 nitrogen and oxygen atoms in total. The van der Waals surface area contributed by atoms with Gasteiger partial charge in [-0.2, -0.15) is 0 Å². The third-order valence-corrected chi connectivity index (χ3v) is 4.67. The number of anilines is 1. The highest BCUT2D eigenvalue weighted by atomic mass is 79.9. The molecular weight excluding hydrogens is 320 g/mol. The lowest BCUT2D eigenvalue weighted by Gasteiger charge is -2.20. The van der Waals surface area contributed by atoms with Crippen molar-refractivity contribution in [3.05, 3.63) is 28.2 Å². The lowest BCUT2D eigenvalue weighted by molar-refractivity contribution is -0.134. The normalized spacial score (nSPS) is 18.5. The zero-order valence-electron chi connectivity index (χ0n) is 12.0. The summed E-state index contributed by atoms with van der Waals surface area (Å²) in [6.07, 6.45) is 0.304. The number of aryl methyl sites for hydroxylation is 1. The summed E-state index contributed by atoms with van der Waals surface area (Å²) in [6, 6.07) is 5.81. The summed E-state index contributed by atoms with van der Waals surface area (Å²) in [5, 5.41) is 0. The van der Waals surface area contributed by atoms with E-state index in [0.29, 0.717) is 19.5 Å². The largest absolute Gasteiger partial charge is 0.346 e. The van der Waals surface area contributed by atoms with E-state index in [1.165, 1.54) is 0 Å². The fourth-order valence-electron chi connectivity index (χ4n) is 2.39. The van der Waals surface area contributed by atoms with Gasteiger partial charge >= 0.3 is 0 Å². The molecule has 0 radical (unpaired) electrons. The number of benzene rings is 1. The van der Waals surface area contributed by atoms with Crippen molar-refractivity contribution in [3.63, 3.8) is 0 Å². The van der Waals surface area contributed by atoms with Crippen LogP contribution in [-0.2, 0) is 9.59 Å². The monoisotopic (exact) mass is 338 g/mol. The van der Waals surface area contributed by atoms with Crippen LogP contribution in [0, 0.1) is 12.8 Å². The number of hydrogen-bond acceptors (Lipinski definition) is 2. The van der Waals surface area contributed by atoms with Crippen molar-refractivity contribution in [1.82, 2.24) is 4.90 Å². The first-order chi connectivity index (χ1) is 9.43. The standard InChI is InChI=1S/C15H19BrN2O2/c1-4-17(3)15(20)11-8-14(19)18(9-11)12-5-6-13(16)10(2)7-12/h5-7,11H,4,8-9H2,1-3H3. The number of carbonyl (C=O) groups excluding carboxylic acids is 2. The van der Waals surface area contributed by atoms with Gasteiger partial charge in [0.1, 0.15) is 0 Å². The molecule has 1 unspecified atom stereocenters. The molecule has 0 bridgehead atoms. The topological polar surface area (TPSA) is 40.6 Å². The molecule has 1 fully saturated rings. The molecular formula is C15H19BrN2O2. The SMILES string of the molecule is CCN(C)C(=O)C1CC(=O)N(c2ccc(Br)c(C)c2)C1. The average Bonchev–Trinajstić information content (AvgIpc) is 2.82. The molecule has 1 aromatic rings. The van der Waals surface area contributed by atoms with Gasteiger partial charge in [-0.1, -0.05) is 15.9 Å². The molecule has 1 heterocycles. The summed E-state index contributed by atoms with van der Waals surface area (Å²) < 4.78 is 1.02. The molecule has 0 saturated carbocycles. The number of carbonyl (C=O) groups is 2. The van der Waals surface area contributed by atoms with Crippen molar-refractivity contribution in [1.29, 1.82) is 0 Å². The number of rotatable bonds is 3. The van der Waals surface area contributed by atoms with Crippen molar-refractivity contribution >= 4 is 33.4 Å². The van der Waals surface area contributed by atoms with Gasteiger partial charge in [-0.15, -0.1) is 0 Å². The quantitative estimate of drug-likeness (QED) is 0.849. The summed E-state index contributed by atoms with van der Waals surface area (Å²) >= 11 is 3.45. The van der Waals surface area contributed by atoms with E-state index in [4.69, 9.17) is 0 Å². The Morgan fingerprint density at radius 3 is 2.80 bits per heavy atom. The second-order valence-corrected chi connectivity index (χ2v) is 6.05. The van der Waals surface area contributed by atoms with Gasteiger partial charge in [-0.05, 0) is 37.6 Å². The van der Waals surface area contributed by atoms with E-state index >= 15 is 0 Å². The summed E-state index contributed by atoms with van der Waals surface area (Å²) in [5.74, 6) is -0.150. The number of halogens is 1. The van der Waals surface area contributed by atoms with Gasteiger partial charge in [-0.25, -0.2) is 0 Å². The highest BCUT2D eigenvalue weighted by Gasteiger charge is 2.36. The van der Waals surface area contributed by atoms with Gasteiger partial charge in [0.05, 0.1) is 5.92 Å². The second kappa shape index (κ2) is 5.95. The Bertz CT molecular complexity index is 545. The van der Waals surface area contributed by atoms with Crippen molar-refractivity contribution in [2.24, 2.45) is 5.92 Å². The molecule has 1 saturated heterocycles. The Morgan fingerprint density at radius 1 is 1.50 bits per heavy atom. The average molecular weight is 339 g/mol. The van der Waals surface area contributed by atoms with Crippen LogP contribution in [0.2, 0.25) is 0 Å². The van der Waals surface area contributed by atoms with E-state index in [9.17, 15) is 9.59 Å². The summed E-state index contributed by atoms with van der Waals surface area (Å²) in [7, 11) is 1.78. The number of hydrogen-bond donors (Lipinski definition) is 0. The zero-order chi connectivity index (χ0) is 14.9. The van der Waals surface area contributed by atoms with Crippen LogP contribution >= 0.6 is 15.9 Å². The molecule has 2 amide bonds. The molecule has 108 valence electrons. The molecule has 20 heavy (non-hydrogen) atoms. The highest BCUT2D eigenvalue weighted by molar-refractivity contribution is 9.10. The maximum atomic E-state index is 12.2. The molecule has 1 aliphatic rings. The third-order valence-electron chi connectivity index (χ3n) is 3.78. The minimum absolute atomic E-state index is 0.0228. The predicted molar refractivity (Wildman–Crippen MR) is 82.7 cm³/mol. The number of amides is 2. The van der Waals surface area contributed by atoms with Gasteiger partial charge in [0.2, 0.25) is 11.8 Å². The first kappa shape index (κ1) is 15.0. The Labute approximate surface area is 127 Å². The Hall–Kier alpha value is -1.36. The van der Waals surface area contributed by atoms with Gasteiger partial charge in [-0.3, -0.25) is 9.59 Å². The van der Waals surface area contributed by atoms with Crippen LogP contribution < -0.4 is 4.90 Å². The Morgan fingerprint density at radius 2 is 2.20 bits per heavy atom. The van der Waals surface area contributed by atoms with Crippen LogP contribution in [0.3, 0.4) is 0 Å². The van der Waals surface area contributed by atoms with Crippen LogP contribution in [0.15, 0.2) is 22.7 Å². The molecule has 1 aliphatic heterocycles. The van der Waals surface area contributed by atoms with Crippen LogP contribution in [-0.4, -0.2) is 36.9 Å². The van der Waals surface area contributed by atoms with Crippen LogP contribution in [0.4, 0.5) is 5.69 Å². The van der Waals surface area contributed by atoms with Crippen molar-refractivity contribution in [3.8, 4) is 0 Å². The Balaban J connectivity index is 2.17. The van der Waals surface area contributed by atoms with Gasteiger partial charge in [0.25, 0.3) is 0 Å². The minimum atomic E-state index is -0.226. The van der Waals surface area contributed by atoms with Gasteiger partial charge in [0, 0.05) is 36.7 Å². The molecule has 2 rings (SSSR count). The van der Waals surface area contributed by atoms with Crippen molar-refractivity contribution < 1.29 is 9.59 Å². The fraction of sp³-hybridized carbons (Fsp3) is 0.467. The van der Waals surface area contributed by atoms with E-state index in [-0.39, 0.29) is 17.7 Å². The first-order valence-corrected chi connectivity index (χ1v) is 7.54. The van der Waals surface area contributed by atoms with E-state index in [1.54, 1.807) is 16.8 Å². The van der Waals surface area contributed by atoms with Crippen LogP contribution in [0.25, 0.3) is 0 Å². The third kappa shape index (κ3) is 2.87. The molecule has 5 heteroatoms. The summed E-state index contributed by atoms with van der Waals surface area (Å²) in [4.78, 5) is 27.7. The van der Waals surface area contributed by atoms with Gasteiger partial charge in [0.15, 0.2) is 0 Å². The molecule has 0 spiro atoms. The highest BCUT2D eigenvalue weighted by Crippen LogP contribution is 2.29. The maximum Gasteiger partial charge on any atom is 0.227 e. The first-order valence-electron chi connectivity index (χ1n) is 6.75. The molecule has 0 aliphatic carbocycles. The van der Waals surface area contributed by atoms with E-state index < -0.39 is 0 Å². The number of nitrogens with zero attached hydrogens (tertiary/aromatic N) is 2. The lowest BCUT2D eigenvalue weighted by atomic mass is 10.1. The van der Waals surface area contributed by atoms with Gasteiger partial charge < -0.3 is 9.80 Å². The Kier molecular flexibility index (Phi) is 4.48. The summed E-state index contributed by atoms with van der Waals surface area (Å²) in [5.41, 5.74) is 1.95. The smallest absolute Gasteiger partial charge is 0.227 e. The predicted octanol–water partition coefficient (Wildman–Crippen LogP) is 2.59. The second-order valence-electron chi connectivity index (χ2n) is 5.19. The van der Waals surface area contributed by atoms with E-state index in [1.807, 2.05) is 32.0 Å². The minimum Gasteiger partial charge on any atom is -0.346 e. The summed E-state index contributed by atoms with van der Waals surface area (Å²) in [6.45, 7) is 5.07. The van der Waals surface area contributed by atoms with E-state index in [2.05, 4.69) is 15.9 Å². The van der Waals surface area contributed by atoms with Crippen molar-refractivity contribution in [2.75, 3.05) is 25.0 Å². The van der Waals surface area contributed by atoms with Crippen molar-refractivity contribution in [2.45, 2.75) is 20.3 Å². The molecule has 0 N–H and O–H groups in total. The lowest BCUT2D eigenvalue weighted by Crippen LogP contribution is -2.34. The maximum absolute atomic E-state index is 12.2. The van der Waals surface area contributed by atoms with Crippen LogP contribution in [0.1, 0.15) is 18.9 Å². The van der Waals surface area contributed by atoms with Crippen LogP contribution in [0.5, 0.6) is 0 Å².